The Labute approximate surface area is 188 Å². The molecular formula is C21H18ClN3O3S2. The number of hydrogen-bond acceptors (Lipinski definition) is 5. The van der Waals surface area contributed by atoms with E-state index in [9.17, 15) is 9.59 Å². The van der Waals surface area contributed by atoms with Crippen LogP contribution in [0.4, 0.5) is 11.4 Å². The van der Waals surface area contributed by atoms with Gasteiger partial charge in [-0.15, -0.1) is 11.3 Å². The van der Waals surface area contributed by atoms with Crippen molar-refractivity contribution in [3.63, 3.8) is 0 Å². The van der Waals surface area contributed by atoms with Crippen LogP contribution in [0.5, 0.6) is 5.75 Å². The predicted molar refractivity (Wildman–Crippen MR) is 125 cm³/mol. The van der Waals surface area contributed by atoms with Gasteiger partial charge in [0.15, 0.2) is 5.11 Å². The van der Waals surface area contributed by atoms with Crippen molar-refractivity contribution < 1.29 is 14.3 Å². The molecule has 0 saturated heterocycles. The standard InChI is InChI=1S/C21H18ClN3O3S2/c1-12-5-7-14(15(22)10-12)19(26)25-21(29)23-13-6-8-16(17(11-13)28-2)24-20(27)18-4-3-9-30-18/h3-11H,1-2H3,(H,24,27)(H2,23,25,26,29). The Bertz CT molecular complexity index is 1100. The Morgan fingerprint density at radius 1 is 1.07 bits per heavy atom. The third-order valence-electron chi connectivity index (χ3n) is 4.05. The average Bonchev–Trinajstić information content (AvgIpc) is 3.23. The number of ether oxygens (including phenoxy) is 1. The molecule has 3 aromatic rings. The number of thiocarbonyl (C=S) groups is 1. The molecule has 0 aliphatic rings. The van der Waals surface area contributed by atoms with Crippen LogP contribution in [-0.4, -0.2) is 24.0 Å². The zero-order valence-electron chi connectivity index (χ0n) is 16.1. The van der Waals surface area contributed by atoms with Gasteiger partial charge in [0.2, 0.25) is 0 Å². The highest BCUT2D eigenvalue weighted by molar-refractivity contribution is 7.80. The molecule has 9 heteroatoms. The number of halogens is 1. The Hall–Kier alpha value is -2.94. The van der Waals surface area contributed by atoms with Crippen LogP contribution in [0.25, 0.3) is 0 Å². The second-order valence-corrected chi connectivity index (χ2v) is 8.00. The Morgan fingerprint density at radius 2 is 1.87 bits per heavy atom. The van der Waals surface area contributed by atoms with E-state index in [0.29, 0.717) is 32.6 Å². The molecule has 3 N–H and O–H groups in total. The van der Waals surface area contributed by atoms with Gasteiger partial charge in [0, 0.05) is 11.8 Å². The van der Waals surface area contributed by atoms with Crippen molar-refractivity contribution in [3.8, 4) is 5.75 Å². The molecule has 2 amide bonds. The van der Waals surface area contributed by atoms with Crippen molar-refractivity contribution >= 4 is 63.5 Å². The zero-order valence-corrected chi connectivity index (χ0v) is 18.5. The van der Waals surface area contributed by atoms with Gasteiger partial charge in [-0.3, -0.25) is 14.9 Å². The van der Waals surface area contributed by atoms with E-state index in [4.69, 9.17) is 28.6 Å². The van der Waals surface area contributed by atoms with E-state index in [2.05, 4.69) is 16.0 Å². The maximum Gasteiger partial charge on any atom is 0.265 e. The molecule has 0 bridgehead atoms. The Kier molecular flexibility index (Phi) is 7.04. The van der Waals surface area contributed by atoms with Gasteiger partial charge in [-0.05, 0) is 60.4 Å². The normalized spacial score (nSPS) is 10.2. The van der Waals surface area contributed by atoms with Crippen LogP contribution in [0.3, 0.4) is 0 Å². The first-order chi connectivity index (χ1) is 14.4. The Morgan fingerprint density at radius 3 is 2.53 bits per heavy atom. The van der Waals surface area contributed by atoms with Gasteiger partial charge in [-0.2, -0.15) is 0 Å². The second-order valence-electron chi connectivity index (χ2n) is 6.24. The minimum Gasteiger partial charge on any atom is -0.494 e. The lowest BCUT2D eigenvalue weighted by Gasteiger charge is -2.14. The molecule has 1 heterocycles. The molecule has 0 spiro atoms. The van der Waals surface area contributed by atoms with Gasteiger partial charge >= 0.3 is 0 Å². The van der Waals surface area contributed by atoms with Gasteiger partial charge in [0.1, 0.15) is 5.75 Å². The van der Waals surface area contributed by atoms with Gasteiger partial charge < -0.3 is 15.4 Å². The van der Waals surface area contributed by atoms with Gasteiger partial charge in [-0.1, -0.05) is 23.7 Å². The molecule has 0 radical (unpaired) electrons. The maximum atomic E-state index is 12.4. The molecule has 30 heavy (non-hydrogen) atoms. The minimum atomic E-state index is -0.413. The highest BCUT2D eigenvalue weighted by Gasteiger charge is 2.14. The highest BCUT2D eigenvalue weighted by atomic mass is 35.5. The first-order valence-corrected chi connectivity index (χ1v) is 10.5. The molecule has 0 atom stereocenters. The molecule has 154 valence electrons. The molecule has 2 aromatic carbocycles. The second kappa shape index (κ2) is 9.71. The summed E-state index contributed by atoms with van der Waals surface area (Å²) in [5.74, 6) is -0.188. The SMILES string of the molecule is COc1cc(NC(=S)NC(=O)c2ccc(C)cc2Cl)ccc1NC(=O)c1cccs1. The smallest absolute Gasteiger partial charge is 0.265 e. The number of methoxy groups -OCH3 is 1. The van der Waals surface area contributed by atoms with Gasteiger partial charge in [0.25, 0.3) is 11.8 Å². The molecule has 3 rings (SSSR count). The summed E-state index contributed by atoms with van der Waals surface area (Å²) in [6.07, 6.45) is 0. The monoisotopic (exact) mass is 459 g/mol. The van der Waals surface area contributed by atoms with E-state index in [0.717, 1.165) is 5.56 Å². The van der Waals surface area contributed by atoms with Crippen LogP contribution in [-0.2, 0) is 0 Å². The zero-order chi connectivity index (χ0) is 21.7. The van der Waals surface area contributed by atoms with Crippen molar-refractivity contribution in [2.75, 3.05) is 17.7 Å². The summed E-state index contributed by atoms with van der Waals surface area (Å²) >= 11 is 12.7. The van der Waals surface area contributed by atoms with E-state index >= 15 is 0 Å². The van der Waals surface area contributed by atoms with Crippen molar-refractivity contribution in [2.45, 2.75) is 6.92 Å². The topological polar surface area (TPSA) is 79.5 Å². The summed E-state index contributed by atoms with van der Waals surface area (Å²) < 4.78 is 5.36. The number of carbonyl (C=O) groups is 2. The fraction of sp³-hybridized carbons (Fsp3) is 0.0952. The summed E-state index contributed by atoms with van der Waals surface area (Å²) in [5, 5.41) is 10.6. The largest absolute Gasteiger partial charge is 0.494 e. The maximum absolute atomic E-state index is 12.4. The first-order valence-electron chi connectivity index (χ1n) is 8.78. The average molecular weight is 460 g/mol. The number of rotatable bonds is 5. The third-order valence-corrected chi connectivity index (χ3v) is 5.43. The van der Waals surface area contributed by atoms with E-state index in [-0.39, 0.29) is 11.0 Å². The number of carbonyl (C=O) groups excluding carboxylic acids is 2. The number of thiophene rings is 1. The van der Waals surface area contributed by atoms with Crippen LogP contribution in [0, 0.1) is 6.92 Å². The molecule has 0 saturated carbocycles. The summed E-state index contributed by atoms with van der Waals surface area (Å²) in [7, 11) is 1.50. The lowest BCUT2D eigenvalue weighted by atomic mass is 10.1. The lowest BCUT2D eigenvalue weighted by Crippen LogP contribution is -2.34. The molecule has 0 aliphatic heterocycles. The minimum absolute atomic E-state index is 0.106. The fourth-order valence-corrected chi connectivity index (χ4v) is 3.75. The van der Waals surface area contributed by atoms with Crippen molar-refractivity contribution in [1.82, 2.24) is 5.32 Å². The van der Waals surface area contributed by atoms with Gasteiger partial charge in [0.05, 0.1) is 28.3 Å². The van der Waals surface area contributed by atoms with E-state index in [1.165, 1.54) is 18.4 Å². The van der Waals surface area contributed by atoms with Gasteiger partial charge in [-0.25, -0.2) is 0 Å². The molecule has 0 fully saturated rings. The summed E-state index contributed by atoms with van der Waals surface area (Å²) in [6.45, 7) is 1.89. The molecule has 0 unspecified atom stereocenters. The van der Waals surface area contributed by atoms with Crippen LogP contribution < -0.4 is 20.7 Å². The number of anilines is 2. The molecule has 1 aromatic heterocycles. The van der Waals surface area contributed by atoms with Crippen molar-refractivity contribution in [1.29, 1.82) is 0 Å². The van der Waals surface area contributed by atoms with E-state index in [1.54, 1.807) is 42.5 Å². The molecule has 0 aliphatic carbocycles. The summed E-state index contributed by atoms with van der Waals surface area (Å²) in [5.41, 5.74) is 2.38. The number of hydrogen-bond donors (Lipinski definition) is 3. The summed E-state index contributed by atoms with van der Waals surface area (Å²) in [4.78, 5) is 25.2. The number of aryl methyl sites for hydroxylation is 1. The van der Waals surface area contributed by atoms with Crippen LogP contribution >= 0.6 is 35.2 Å². The number of benzene rings is 2. The van der Waals surface area contributed by atoms with Crippen molar-refractivity contribution in [3.05, 3.63) is 74.9 Å². The van der Waals surface area contributed by atoms with E-state index in [1.807, 2.05) is 18.4 Å². The molecular weight excluding hydrogens is 442 g/mol. The predicted octanol–water partition coefficient (Wildman–Crippen LogP) is 5.10. The quantitative estimate of drug-likeness (QED) is 0.463. The molecule has 6 nitrogen and oxygen atoms in total. The number of amides is 2. The van der Waals surface area contributed by atoms with E-state index < -0.39 is 5.91 Å². The highest BCUT2D eigenvalue weighted by Crippen LogP contribution is 2.29. The third kappa shape index (κ3) is 5.35. The van der Waals surface area contributed by atoms with Crippen LogP contribution in [0.2, 0.25) is 5.02 Å². The van der Waals surface area contributed by atoms with Crippen LogP contribution in [0.1, 0.15) is 25.6 Å². The first kappa shape index (κ1) is 21.8. The number of nitrogens with one attached hydrogen (secondary N) is 3. The van der Waals surface area contributed by atoms with Crippen LogP contribution in [0.15, 0.2) is 53.9 Å². The Balaban J connectivity index is 1.66. The summed E-state index contributed by atoms with van der Waals surface area (Å²) in [6, 6.07) is 13.8. The fourth-order valence-electron chi connectivity index (χ4n) is 2.60. The van der Waals surface area contributed by atoms with Crippen molar-refractivity contribution in [2.24, 2.45) is 0 Å². The lowest BCUT2D eigenvalue weighted by molar-refractivity contribution is 0.0976.